The number of hydrogen-bond donors (Lipinski definition) is 3. The Morgan fingerprint density at radius 1 is 1.24 bits per heavy atom. The number of halogens is 2. The molecule has 2 aliphatic carbocycles. The van der Waals surface area contributed by atoms with Gasteiger partial charge in [-0.25, -0.2) is 8.78 Å². The highest BCUT2D eigenvalue weighted by molar-refractivity contribution is 5.92. The molecule has 0 radical (unpaired) electrons. The fourth-order valence-electron chi connectivity index (χ4n) is 6.30. The number of pyridine rings is 1. The van der Waals surface area contributed by atoms with Crippen LogP contribution < -0.4 is 16.0 Å². The van der Waals surface area contributed by atoms with Crippen molar-refractivity contribution in [2.24, 2.45) is 17.8 Å². The van der Waals surface area contributed by atoms with Crippen molar-refractivity contribution in [2.75, 3.05) is 11.9 Å². The van der Waals surface area contributed by atoms with E-state index in [4.69, 9.17) is 0 Å². The monoisotopic (exact) mass is 528 g/mol. The maximum absolute atomic E-state index is 15.1. The molecule has 6 rings (SSSR count). The van der Waals surface area contributed by atoms with E-state index in [-0.39, 0.29) is 24.7 Å². The van der Waals surface area contributed by atoms with Gasteiger partial charge >= 0.3 is 0 Å². The molecule has 9 nitrogen and oxygen atoms in total. The molecule has 0 unspecified atom stereocenters. The fourth-order valence-corrected chi connectivity index (χ4v) is 6.30. The maximum atomic E-state index is 15.1. The lowest BCUT2D eigenvalue weighted by Gasteiger charge is -2.54. The number of carbonyl (C=O) groups excluding carboxylic acids is 3. The van der Waals surface area contributed by atoms with Crippen LogP contribution in [0.4, 0.5) is 14.5 Å². The van der Waals surface area contributed by atoms with E-state index in [0.29, 0.717) is 37.4 Å². The molecular formula is C27H34F2N6O3. The molecule has 2 saturated carbocycles. The summed E-state index contributed by atoms with van der Waals surface area (Å²) < 4.78 is 30.2. The van der Waals surface area contributed by atoms with Crippen LogP contribution in [0.2, 0.25) is 0 Å². The van der Waals surface area contributed by atoms with Crippen LogP contribution in [0.15, 0.2) is 18.5 Å². The summed E-state index contributed by atoms with van der Waals surface area (Å²) in [5.74, 6) is -5.77. The molecule has 1 aromatic rings. The standard InChI is InChI=1S/C27H34F2N6O3/c1-15-8-19(14-31-13-15)33-22(9-16-2-3-16)26(38)35-20-4-5-21(27(28,29)11-20)23(35)25(37)34-18(12-30)10-17-6-7-32-24(17)36/h8,13-14,16-18,20-23,33H,2-7,9-11H2,1H3,(H,32,36)(H,34,37)/t17-,18-,20-,21-,22+,23+/m0/s1. The van der Waals surface area contributed by atoms with Crippen molar-refractivity contribution in [1.29, 1.82) is 5.26 Å². The van der Waals surface area contributed by atoms with E-state index in [1.165, 1.54) is 4.90 Å². The minimum atomic E-state index is -3.09. The first-order chi connectivity index (χ1) is 18.2. The van der Waals surface area contributed by atoms with Gasteiger partial charge in [-0.15, -0.1) is 0 Å². The molecule has 6 atom stereocenters. The van der Waals surface area contributed by atoms with Gasteiger partial charge < -0.3 is 20.9 Å². The minimum absolute atomic E-state index is 0.103. The molecule has 3 N–H and O–H groups in total. The molecule has 5 aliphatic rings. The number of nitrogens with zero attached hydrogens (tertiary/aromatic N) is 3. The van der Waals surface area contributed by atoms with Crippen LogP contribution >= 0.6 is 0 Å². The summed E-state index contributed by atoms with van der Waals surface area (Å²) in [5, 5.41) is 18.2. The van der Waals surface area contributed by atoms with Crippen LogP contribution in [0.1, 0.15) is 56.9 Å². The van der Waals surface area contributed by atoms with E-state index in [1.807, 2.05) is 19.1 Å². The summed E-state index contributed by atoms with van der Waals surface area (Å²) in [6.45, 7) is 2.39. The third kappa shape index (κ3) is 5.45. The Bertz CT molecular complexity index is 1140. The first kappa shape index (κ1) is 26.3. The molecule has 38 heavy (non-hydrogen) atoms. The summed E-state index contributed by atoms with van der Waals surface area (Å²) in [6, 6.07) is 0.0408. The second kappa shape index (κ2) is 10.5. The average Bonchev–Trinajstić information content (AvgIpc) is 3.61. The molecule has 4 heterocycles. The summed E-state index contributed by atoms with van der Waals surface area (Å²) in [4.78, 5) is 45.1. The molecule has 1 aromatic heterocycles. The second-order valence-electron chi connectivity index (χ2n) is 11.3. The van der Waals surface area contributed by atoms with Crippen LogP contribution in [-0.4, -0.2) is 64.2 Å². The van der Waals surface area contributed by atoms with Crippen molar-refractivity contribution < 1.29 is 23.2 Å². The summed E-state index contributed by atoms with van der Waals surface area (Å²) in [5.41, 5.74) is 1.58. The Kier molecular flexibility index (Phi) is 7.25. The number of nitrogens with one attached hydrogen (secondary N) is 3. The molecule has 2 bridgehead atoms. The van der Waals surface area contributed by atoms with Crippen LogP contribution in [0.25, 0.3) is 0 Å². The van der Waals surface area contributed by atoms with Gasteiger partial charge in [0.25, 0.3) is 5.92 Å². The van der Waals surface area contributed by atoms with Crippen molar-refractivity contribution >= 4 is 23.4 Å². The van der Waals surface area contributed by atoms with Crippen LogP contribution in [0.3, 0.4) is 0 Å². The predicted octanol–water partition coefficient (Wildman–Crippen LogP) is 2.52. The van der Waals surface area contributed by atoms with Gasteiger partial charge in [0.15, 0.2) is 0 Å². The van der Waals surface area contributed by atoms with Crippen molar-refractivity contribution in [2.45, 2.75) is 88.4 Å². The van der Waals surface area contributed by atoms with E-state index in [9.17, 15) is 19.6 Å². The Morgan fingerprint density at radius 3 is 2.66 bits per heavy atom. The summed E-state index contributed by atoms with van der Waals surface area (Å²) in [7, 11) is 0. The Morgan fingerprint density at radius 2 is 2.03 bits per heavy atom. The van der Waals surface area contributed by atoms with Gasteiger partial charge in [-0.2, -0.15) is 5.26 Å². The van der Waals surface area contributed by atoms with E-state index >= 15 is 8.78 Å². The number of aromatic nitrogens is 1. The number of hydrogen-bond acceptors (Lipinski definition) is 6. The zero-order chi connectivity index (χ0) is 27.0. The molecule has 11 heteroatoms. The van der Waals surface area contributed by atoms with Gasteiger partial charge in [0, 0.05) is 37.3 Å². The number of carbonyl (C=O) groups is 3. The Balaban J connectivity index is 1.38. The minimum Gasteiger partial charge on any atom is -0.372 e. The first-order valence-electron chi connectivity index (χ1n) is 13.5. The molecule has 3 amide bonds. The van der Waals surface area contributed by atoms with Crippen LogP contribution in [0.5, 0.6) is 0 Å². The molecule has 3 saturated heterocycles. The molecule has 5 fully saturated rings. The largest absolute Gasteiger partial charge is 0.372 e. The lowest BCUT2D eigenvalue weighted by Crippen LogP contribution is -2.70. The number of alkyl halides is 2. The zero-order valence-corrected chi connectivity index (χ0v) is 21.5. The molecular weight excluding hydrogens is 494 g/mol. The summed E-state index contributed by atoms with van der Waals surface area (Å²) in [6.07, 6.45) is 6.59. The Hall–Kier alpha value is -3.29. The third-order valence-corrected chi connectivity index (χ3v) is 8.39. The van der Waals surface area contributed by atoms with E-state index in [0.717, 1.165) is 18.4 Å². The predicted molar refractivity (Wildman–Crippen MR) is 134 cm³/mol. The average molecular weight is 529 g/mol. The number of rotatable bonds is 9. The van der Waals surface area contributed by atoms with Crippen molar-refractivity contribution in [1.82, 2.24) is 20.5 Å². The molecule has 3 aliphatic heterocycles. The molecule has 0 spiro atoms. The summed E-state index contributed by atoms with van der Waals surface area (Å²) >= 11 is 0. The first-order valence-corrected chi connectivity index (χ1v) is 13.5. The van der Waals surface area contributed by atoms with Crippen LogP contribution in [-0.2, 0) is 14.4 Å². The normalized spacial score (nSPS) is 29.2. The lowest BCUT2D eigenvalue weighted by molar-refractivity contribution is -0.194. The van der Waals surface area contributed by atoms with Gasteiger partial charge in [-0.3, -0.25) is 19.4 Å². The number of amides is 3. The lowest BCUT2D eigenvalue weighted by atomic mass is 9.71. The number of anilines is 1. The van der Waals surface area contributed by atoms with E-state index < -0.39 is 54.3 Å². The van der Waals surface area contributed by atoms with Gasteiger partial charge in [0.05, 0.1) is 17.7 Å². The fraction of sp³-hybridized carbons (Fsp3) is 0.667. The van der Waals surface area contributed by atoms with Gasteiger partial charge in [0.1, 0.15) is 18.1 Å². The topological polar surface area (TPSA) is 127 Å². The third-order valence-electron chi connectivity index (χ3n) is 8.39. The second-order valence-corrected chi connectivity index (χ2v) is 11.3. The number of aryl methyl sites for hydroxylation is 1. The number of piperidine rings is 2. The zero-order valence-electron chi connectivity index (χ0n) is 21.5. The van der Waals surface area contributed by atoms with E-state index in [2.05, 4.69) is 20.9 Å². The number of fused-ring (bicyclic) bond motifs is 3. The SMILES string of the molecule is Cc1cncc(N[C@H](CC2CC2)C(=O)N2[C@H]3CC[C@@H]([C@@H]2C(=O)N[C@H](C#N)C[C@@H]2CCNC2=O)C(F)(F)C3)c1. The van der Waals surface area contributed by atoms with Gasteiger partial charge in [-0.1, -0.05) is 12.8 Å². The van der Waals surface area contributed by atoms with Crippen molar-refractivity contribution in [3.8, 4) is 6.07 Å². The van der Waals surface area contributed by atoms with Gasteiger partial charge in [0.2, 0.25) is 17.7 Å². The smallest absolute Gasteiger partial charge is 0.255 e. The van der Waals surface area contributed by atoms with E-state index in [1.54, 1.807) is 12.4 Å². The highest BCUT2D eigenvalue weighted by atomic mass is 19.3. The van der Waals surface area contributed by atoms with Gasteiger partial charge in [-0.05, 0) is 56.6 Å². The quantitative estimate of drug-likeness (QED) is 0.452. The van der Waals surface area contributed by atoms with Crippen molar-refractivity contribution in [3.05, 3.63) is 24.0 Å². The van der Waals surface area contributed by atoms with Crippen molar-refractivity contribution in [3.63, 3.8) is 0 Å². The highest BCUT2D eigenvalue weighted by Gasteiger charge is 2.61. The highest BCUT2D eigenvalue weighted by Crippen LogP contribution is 2.49. The number of nitriles is 1. The maximum Gasteiger partial charge on any atom is 0.255 e. The molecule has 204 valence electrons. The van der Waals surface area contributed by atoms with Crippen LogP contribution in [0, 0.1) is 36.0 Å². The Labute approximate surface area is 220 Å². The molecule has 0 aromatic carbocycles.